The molecule has 1 aliphatic rings. The molecule has 0 aliphatic carbocycles. The largest absolute Gasteiger partial charge is 0.464 e. The molecule has 1 amide bonds. The van der Waals surface area contributed by atoms with Crippen molar-refractivity contribution in [1.82, 2.24) is 4.90 Å². The second kappa shape index (κ2) is 8.53. The van der Waals surface area contributed by atoms with Crippen LogP contribution >= 0.6 is 11.8 Å². The molecule has 2 atom stereocenters. The first kappa shape index (κ1) is 20.2. The van der Waals surface area contributed by atoms with Gasteiger partial charge in [-0.1, -0.05) is 26.8 Å². The topological polar surface area (TPSA) is 89.8 Å². The fraction of sp³-hybridized carbons (Fsp3) is 0.556. The van der Waals surface area contributed by atoms with Gasteiger partial charge in [0, 0.05) is 22.9 Å². The number of nitro groups is 1. The Kier molecular flexibility index (Phi) is 6.63. The number of nitrogens with zero attached hydrogens (tertiary/aromatic N) is 2. The molecule has 0 radical (unpaired) electrons. The zero-order valence-electron chi connectivity index (χ0n) is 15.4. The molecule has 8 heteroatoms. The van der Waals surface area contributed by atoms with Crippen LogP contribution in [0, 0.1) is 23.0 Å². The Balaban J connectivity index is 2.36. The molecule has 1 heterocycles. The lowest BCUT2D eigenvalue weighted by Gasteiger charge is -2.30. The SMILES string of the molecule is CCCOC(=O)[C@H]1CS[C@@H](C(C)C)N1C(=O)c1ccc(C)c([N+](=O)[O-])c1. The molecule has 1 fully saturated rings. The highest BCUT2D eigenvalue weighted by atomic mass is 32.2. The Bertz CT molecular complexity index is 707. The molecular formula is C18H24N2O5S. The second-order valence-electron chi connectivity index (χ2n) is 6.62. The van der Waals surface area contributed by atoms with Crippen LogP contribution in [-0.4, -0.2) is 45.5 Å². The van der Waals surface area contributed by atoms with Crippen molar-refractivity contribution in [2.24, 2.45) is 5.92 Å². The van der Waals surface area contributed by atoms with Crippen molar-refractivity contribution in [2.45, 2.75) is 45.5 Å². The van der Waals surface area contributed by atoms with E-state index in [1.165, 1.54) is 22.7 Å². The lowest BCUT2D eigenvalue weighted by atomic mass is 10.1. The third-order valence-electron chi connectivity index (χ3n) is 4.21. The lowest BCUT2D eigenvalue weighted by molar-refractivity contribution is -0.385. The lowest BCUT2D eigenvalue weighted by Crippen LogP contribution is -2.47. The van der Waals surface area contributed by atoms with E-state index in [-0.39, 0.29) is 28.4 Å². The molecule has 0 N–H and O–H groups in total. The molecule has 0 unspecified atom stereocenters. The number of amides is 1. The van der Waals surface area contributed by atoms with Crippen LogP contribution in [0.3, 0.4) is 0 Å². The second-order valence-corrected chi connectivity index (χ2v) is 7.77. The van der Waals surface area contributed by atoms with Crippen LogP contribution in [0.25, 0.3) is 0 Å². The summed E-state index contributed by atoms with van der Waals surface area (Å²) in [4.78, 5) is 37.7. The number of carbonyl (C=O) groups is 2. The molecule has 0 saturated carbocycles. The van der Waals surface area contributed by atoms with Gasteiger partial charge in [0.15, 0.2) is 0 Å². The molecule has 0 spiro atoms. The van der Waals surface area contributed by atoms with Gasteiger partial charge >= 0.3 is 5.97 Å². The smallest absolute Gasteiger partial charge is 0.329 e. The Morgan fingerprint density at radius 3 is 2.69 bits per heavy atom. The standard InChI is InChI=1S/C18H24N2O5S/c1-5-8-25-18(22)15-10-26-17(11(2)3)19(15)16(21)13-7-6-12(4)14(9-13)20(23)24/h6-7,9,11,15,17H,5,8,10H2,1-4H3/t15-,17+/m1/s1. The Morgan fingerprint density at radius 2 is 2.12 bits per heavy atom. The summed E-state index contributed by atoms with van der Waals surface area (Å²) < 4.78 is 5.25. The van der Waals surface area contributed by atoms with Crippen molar-refractivity contribution < 1.29 is 19.2 Å². The third kappa shape index (κ3) is 4.17. The summed E-state index contributed by atoms with van der Waals surface area (Å²) >= 11 is 1.54. The van der Waals surface area contributed by atoms with Crippen molar-refractivity contribution in [2.75, 3.05) is 12.4 Å². The predicted molar refractivity (Wildman–Crippen MR) is 100 cm³/mol. The number of nitro benzene ring substituents is 1. The van der Waals surface area contributed by atoms with Gasteiger partial charge in [-0.15, -0.1) is 11.8 Å². The van der Waals surface area contributed by atoms with Gasteiger partial charge in [-0.25, -0.2) is 4.79 Å². The van der Waals surface area contributed by atoms with Gasteiger partial charge in [0.2, 0.25) is 0 Å². The Labute approximate surface area is 157 Å². The molecular weight excluding hydrogens is 356 g/mol. The average molecular weight is 380 g/mol. The number of esters is 1. The van der Waals surface area contributed by atoms with Crippen molar-refractivity contribution in [3.63, 3.8) is 0 Å². The number of carbonyl (C=O) groups excluding carboxylic acids is 2. The molecule has 1 saturated heterocycles. The van der Waals surface area contributed by atoms with E-state index in [1.807, 2.05) is 20.8 Å². The van der Waals surface area contributed by atoms with E-state index in [0.717, 1.165) is 0 Å². The summed E-state index contributed by atoms with van der Waals surface area (Å²) in [5, 5.41) is 11.0. The number of benzene rings is 1. The molecule has 2 rings (SSSR count). The summed E-state index contributed by atoms with van der Waals surface area (Å²) in [5.74, 6) is -0.202. The van der Waals surface area contributed by atoms with Crippen LogP contribution in [0.4, 0.5) is 5.69 Å². The maximum Gasteiger partial charge on any atom is 0.329 e. The van der Waals surface area contributed by atoms with Crippen molar-refractivity contribution >= 4 is 29.3 Å². The van der Waals surface area contributed by atoms with E-state index in [9.17, 15) is 19.7 Å². The molecule has 1 aromatic carbocycles. The molecule has 7 nitrogen and oxygen atoms in total. The Morgan fingerprint density at radius 1 is 1.42 bits per heavy atom. The third-order valence-corrected chi connectivity index (χ3v) is 5.83. The van der Waals surface area contributed by atoms with E-state index >= 15 is 0 Å². The van der Waals surface area contributed by atoms with Crippen LogP contribution in [-0.2, 0) is 9.53 Å². The van der Waals surface area contributed by atoms with Crippen molar-refractivity contribution in [3.8, 4) is 0 Å². The zero-order chi connectivity index (χ0) is 19.4. The predicted octanol–water partition coefficient (Wildman–Crippen LogP) is 3.40. The quantitative estimate of drug-likeness (QED) is 0.427. The zero-order valence-corrected chi connectivity index (χ0v) is 16.2. The van der Waals surface area contributed by atoms with Crippen LogP contribution in [0.15, 0.2) is 18.2 Å². The van der Waals surface area contributed by atoms with Gasteiger partial charge in [0.25, 0.3) is 11.6 Å². The first-order valence-electron chi connectivity index (χ1n) is 8.63. The number of aryl methyl sites for hydroxylation is 1. The first-order valence-corrected chi connectivity index (χ1v) is 9.68. The molecule has 26 heavy (non-hydrogen) atoms. The van der Waals surface area contributed by atoms with Crippen LogP contribution in [0.2, 0.25) is 0 Å². The first-order chi connectivity index (χ1) is 12.3. The highest BCUT2D eigenvalue weighted by Crippen LogP contribution is 2.36. The Hall–Kier alpha value is -2.09. The van der Waals surface area contributed by atoms with E-state index in [0.29, 0.717) is 24.3 Å². The summed E-state index contributed by atoms with van der Waals surface area (Å²) in [7, 11) is 0. The molecule has 0 bridgehead atoms. The summed E-state index contributed by atoms with van der Waals surface area (Å²) in [6.45, 7) is 7.80. The fourth-order valence-electron chi connectivity index (χ4n) is 2.87. The molecule has 142 valence electrons. The van der Waals surface area contributed by atoms with Crippen molar-refractivity contribution in [1.29, 1.82) is 0 Å². The van der Waals surface area contributed by atoms with Crippen LogP contribution < -0.4 is 0 Å². The molecule has 1 aromatic rings. The number of rotatable bonds is 6. The average Bonchev–Trinajstić information content (AvgIpc) is 3.04. The maximum absolute atomic E-state index is 13.1. The van der Waals surface area contributed by atoms with E-state index in [2.05, 4.69) is 0 Å². The van der Waals surface area contributed by atoms with Crippen LogP contribution in [0.1, 0.15) is 43.1 Å². The van der Waals surface area contributed by atoms with Gasteiger partial charge < -0.3 is 9.64 Å². The molecule has 1 aliphatic heterocycles. The minimum atomic E-state index is -0.674. The summed E-state index contributed by atoms with van der Waals surface area (Å²) in [6, 6.07) is 3.74. The highest BCUT2D eigenvalue weighted by molar-refractivity contribution is 8.00. The van der Waals surface area contributed by atoms with Gasteiger partial charge in [-0.05, 0) is 25.3 Å². The number of hydrogen-bond acceptors (Lipinski definition) is 6. The highest BCUT2D eigenvalue weighted by Gasteiger charge is 2.44. The molecule has 0 aromatic heterocycles. The van der Waals surface area contributed by atoms with Gasteiger partial charge in [-0.3, -0.25) is 14.9 Å². The number of ether oxygens (including phenoxy) is 1. The van der Waals surface area contributed by atoms with Gasteiger partial charge in [-0.2, -0.15) is 0 Å². The number of hydrogen-bond donors (Lipinski definition) is 0. The minimum Gasteiger partial charge on any atom is -0.464 e. The monoisotopic (exact) mass is 380 g/mol. The number of thioether (sulfide) groups is 1. The minimum absolute atomic E-state index is 0.103. The van der Waals surface area contributed by atoms with Gasteiger partial charge in [0.1, 0.15) is 6.04 Å². The van der Waals surface area contributed by atoms with Crippen LogP contribution in [0.5, 0.6) is 0 Å². The van der Waals surface area contributed by atoms with E-state index < -0.39 is 16.9 Å². The van der Waals surface area contributed by atoms with Gasteiger partial charge in [0.05, 0.1) is 16.9 Å². The maximum atomic E-state index is 13.1. The summed E-state index contributed by atoms with van der Waals surface area (Å²) in [5.41, 5.74) is 0.597. The van der Waals surface area contributed by atoms with E-state index in [4.69, 9.17) is 4.74 Å². The van der Waals surface area contributed by atoms with Crippen molar-refractivity contribution in [3.05, 3.63) is 39.4 Å². The summed E-state index contributed by atoms with van der Waals surface area (Å²) in [6.07, 6.45) is 0.706. The normalized spacial score (nSPS) is 19.7. The van der Waals surface area contributed by atoms with E-state index in [1.54, 1.807) is 19.1 Å². The fourth-order valence-corrected chi connectivity index (χ4v) is 4.33.